The maximum atomic E-state index is 13.5. The van der Waals surface area contributed by atoms with Crippen LogP contribution in [0.2, 0.25) is 0 Å². The Bertz CT molecular complexity index is 466. The number of alkyl halides is 2. The van der Waals surface area contributed by atoms with Crippen LogP contribution < -0.4 is 5.73 Å². The Morgan fingerprint density at radius 2 is 2.18 bits per heavy atom. The minimum atomic E-state index is -2.94. The molecule has 2 aromatic rings. The van der Waals surface area contributed by atoms with Crippen molar-refractivity contribution in [2.75, 3.05) is 6.54 Å². The van der Waals surface area contributed by atoms with Gasteiger partial charge in [-0.1, -0.05) is 0 Å². The summed E-state index contributed by atoms with van der Waals surface area (Å²) in [4.78, 5) is 7.66. The molecule has 0 saturated heterocycles. The van der Waals surface area contributed by atoms with Gasteiger partial charge in [0.05, 0.1) is 0 Å². The maximum absolute atomic E-state index is 13.5. The summed E-state index contributed by atoms with van der Waals surface area (Å²) in [5.74, 6) is -2.50. The number of hydrogen-bond acceptors (Lipinski definition) is 4. The van der Waals surface area contributed by atoms with Gasteiger partial charge in [0, 0.05) is 18.2 Å². The fourth-order valence-electron chi connectivity index (χ4n) is 1.39. The summed E-state index contributed by atoms with van der Waals surface area (Å²) >= 11 is 0. The van der Waals surface area contributed by atoms with Gasteiger partial charge in [0.15, 0.2) is 5.82 Å². The summed E-state index contributed by atoms with van der Waals surface area (Å²) in [6.07, 6.45) is 3.53. The van der Waals surface area contributed by atoms with Crippen molar-refractivity contribution in [3.05, 3.63) is 36.5 Å². The maximum Gasteiger partial charge on any atom is 0.275 e. The summed E-state index contributed by atoms with van der Waals surface area (Å²) < 4.78 is 28.3. The molecule has 2 rings (SSSR count). The fourth-order valence-corrected chi connectivity index (χ4v) is 1.39. The first kappa shape index (κ1) is 11.6. The molecule has 0 aromatic carbocycles. The molecule has 0 bridgehead atoms. The SMILES string of the molecule is NCCC(F)(F)c1ccc(-n2cncn2)nc1. The van der Waals surface area contributed by atoms with E-state index in [4.69, 9.17) is 5.73 Å². The van der Waals surface area contributed by atoms with Crippen molar-refractivity contribution in [2.45, 2.75) is 12.3 Å². The highest BCUT2D eigenvalue weighted by atomic mass is 19.3. The number of nitrogens with two attached hydrogens (primary N) is 1. The second kappa shape index (κ2) is 4.54. The van der Waals surface area contributed by atoms with Crippen molar-refractivity contribution >= 4 is 0 Å². The Balaban J connectivity index is 2.24. The second-order valence-electron chi connectivity index (χ2n) is 3.49. The second-order valence-corrected chi connectivity index (χ2v) is 3.49. The van der Waals surface area contributed by atoms with Crippen LogP contribution in [0.25, 0.3) is 5.82 Å². The van der Waals surface area contributed by atoms with Crippen LogP contribution in [0, 0.1) is 0 Å². The Morgan fingerprint density at radius 3 is 2.71 bits per heavy atom. The lowest BCUT2D eigenvalue weighted by molar-refractivity contribution is -0.0110. The molecule has 0 spiro atoms. The zero-order chi connectivity index (χ0) is 12.3. The van der Waals surface area contributed by atoms with E-state index in [1.54, 1.807) is 0 Å². The molecule has 0 fully saturated rings. The Morgan fingerprint density at radius 1 is 1.35 bits per heavy atom. The first-order valence-electron chi connectivity index (χ1n) is 5.03. The minimum Gasteiger partial charge on any atom is -0.330 e. The van der Waals surface area contributed by atoms with E-state index in [1.165, 1.54) is 29.5 Å². The van der Waals surface area contributed by atoms with E-state index in [1.807, 2.05) is 0 Å². The molecule has 0 aliphatic heterocycles. The largest absolute Gasteiger partial charge is 0.330 e. The number of halogens is 2. The summed E-state index contributed by atoms with van der Waals surface area (Å²) in [7, 11) is 0. The highest BCUT2D eigenvalue weighted by Crippen LogP contribution is 2.30. The van der Waals surface area contributed by atoms with Gasteiger partial charge in [-0.05, 0) is 18.7 Å². The third-order valence-electron chi connectivity index (χ3n) is 2.28. The number of hydrogen-bond donors (Lipinski definition) is 1. The van der Waals surface area contributed by atoms with Crippen molar-refractivity contribution in [3.63, 3.8) is 0 Å². The van der Waals surface area contributed by atoms with E-state index >= 15 is 0 Å². The highest BCUT2D eigenvalue weighted by Gasteiger charge is 2.30. The quantitative estimate of drug-likeness (QED) is 0.867. The van der Waals surface area contributed by atoms with Crippen LogP contribution in [0.5, 0.6) is 0 Å². The van der Waals surface area contributed by atoms with Crippen LogP contribution in [-0.2, 0) is 5.92 Å². The smallest absolute Gasteiger partial charge is 0.275 e. The molecule has 0 aliphatic rings. The van der Waals surface area contributed by atoms with Gasteiger partial charge in [-0.25, -0.2) is 23.4 Å². The van der Waals surface area contributed by atoms with Gasteiger partial charge in [-0.15, -0.1) is 0 Å². The van der Waals surface area contributed by atoms with E-state index in [0.29, 0.717) is 5.82 Å². The number of rotatable bonds is 4. The molecule has 0 unspecified atom stereocenters. The summed E-state index contributed by atoms with van der Waals surface area (Å²) in [6.45, 7) is -0.0716. The van der Waals surface area contributed by atoms with Gasteiger partial charge in [-0.3, -0.25) is 0 Å². The van der Waals surface area contributed by atoms with Gasteiger partial charge in [0.2, 0.25) is 0 Å². The van der Waals surface area contributed by atoms with Crippen molar-refractivity contribution in [3.8, 4) is 5.82 Å². The molecule has 2 aromatic heterocycles. The molecule has 17 heavy (non-hydrogen) atoms. The normalized spacial score (nSPS) is 11.7. The minimum absolute atomic E-state index is 0.0716. The summed E-state index contributed by atoms with van der Waals surface area (Å²) in [6, 6.07) is 2.79. The standard InChI is InChI=1S/C10H11F2N5/c11-10(12,3-4-13)8-1-2-9(15-5-8)17-7-14-6-16-17/h1-2,5-7H,3-4,13H2. The van der Waals surface area contributed by atoms with Crippen molar-refractivity contribution in [1.82, 2.24) is 19.7 Å². The molecule has 2 N–H and O–H groups in total. The van der Waals surface area contributed by atoms with Gasteiger partial charge in [-0.2, -0.15) is 5.10 Å². The third kappa shape index (κ3) is 2.44. The predicted molar refractivity (Wildman–Crippen MR) is 56.7 cm³/mol. The predicted octanol–water partition coefficient (Wildman–Crippen LogP) is 1.10. The van der Waals surface area contributed by atoms with E-state index in [9.17, 15) is 8.78 Å². The van der Waals surface area contributed by atoms with Crippen LogP contribution in [0.1, 0.15) is 12.0 Å². The third-order valence-corrected chi connectivity index (χ3v) is 2.28. The first-order chi connectivity index (χ1) is 8.13. The average molecular weight is 239 g/mol. The van der Waals surface area contributed by atoms with Crippen molar-refractivity contribution in [2.24, 2.45) is 5.73 Å². The first-order valence-corrected chi connectivity index (χ1v) is 5.03. The monoisotopic (exact) mass is 239 g/mol. The molecule has 0 atom stereocenters. The topological polar surface area (TPSA) is 69.6 Å². The lowest BCUT2D eigenvalue weighted by Crippen LogP contribution is -2.19. The Kier molecular flexibility index (Phi) is 3.10. The zero-order valence-corrected chi connectivity index (χ0v) is 8.92. The summed E-state index contributed by atoms with van der Waals surface area (Å²) in [5, 5.41) is 3.85. The molecule has 0 saturated carbocycles. The van der Waals surface area contributed by atoms with Crippen molar-refractivity contribution < 1.29 is 8.78 Å². The fraction of sp³-hybridized carbons (Fsp3) is 0.300. The van der Waals surface area contributed by atoms with Gasteiger partial charge in [0.25, 0.3) is 5.92 Å². The zero-order valence-electron chi connectivity index (χ0n) is 8.92. The molecule has 0 aliphatic carbocycles. The molecule has 0 radical (unpaired) electrons. The molecule has 90 valence electrons. The molecule has 5 nitrogen and oxygen atoms in total. The highest BCUT2D eigenvalue weighted by molar-refractivity contribution is 5.26. The van der Waals surface area contributed by atoms with E-state index in [0.717, 1.165) is 6.20 Å². The molecule has 2 heterocycles. The Hall–Kier alpha value is -1.89. The summed E-state index contributed by atoms with van der Waals surface area (Å²) in [5.41, 5.74) is 4.99. The average Bonchev–Trinajstić information content (AvgIpc) is 2.82. The molecular weight excluding hydrogens is 228 g/mol. The number of aromatic nitrogens is 4. The van der Waals surface area contributed by atoms with E-state index in [-0.39, 0.29) is 12.1 Å². The molecule has 0 amide bonds. The van der Waals surface area contributed by atoms with Gasteiger partial charge < -0.3 is 5.73 Å². The van der Waals surface area contributed by atoms with Crippen LogP contribution >= 0.6 is 0 Å². The van der Waals surface area contributed by atoms with Crippen LogP contribution in [0.3, 0.4) is 0 Å². The van der Waals surface area contributed by atoms with E-state index in [2.05, 4.69) is 15.1 Å². The van der Waals surface area contributed by atoms with Crippen LogP contribution in [0.15, 0.2) is 31.0 Å². The van der Waals surface area contributed by atoms with Gasteiger partial charge >= 0.3 is 0 Å². The lowest BCUT2D eigenvalue weighted by Gasteiger charge is -2.15. The number of pyridine rings is 1. The molecule has 7 heteroatoms. The van der Waals surface area contributed by atoms with E-state index < -0.39 is 12.3 Å². The van der Waals surface area contributed by atoms with Crippen LogP contribution in [-0.4, -0.2) is 26.3 Å². The number of nitrogens with zero attached hydrogens (tertiary/aromatic N) is 4. The Labute approximate surface area is 96.3 Å². The van der Waals surface area contributed by atoms with Crippen molar-refractivity contribution in [1.29, 1.82) is 0 Å². The van der Waals surface area contributed by atoms with Gasteiger partial charge in [0.1, 0.15) is 12.7 Å². The molecular formula is C10H11F2N5. The van der Waals surface area contributed by atoms with Crippen LogP contribution in [0.4, 0.5) is 8.78 Å². The lowest BCUT2D eigenvalue weighted by atomic mass is 10.1.